The van der Waals surface area contributed by atoms with Crippen molar-refractivity contribution in [3.63, 3.8) is 0 Å². The van der Waals surface area contributed by atoms with Crippen molar-refractivity contribution in [1.29, 1.82) is 0 Å². The van der Waals surface area contributed by atoms with Gasteiger partial charge < -0.3 is 9.47 Å². The number of unbranched alkanes of at least 4 members (excludes halogenated alkanes) is 5. The van der Waals surface area contributed by atoms with Gasteiger partial charge in [0, 0.05) is 5.92 Å². The molecule has 1 radical (unpaired) electrons. The van der Waals surface area contributed by atoms with Crippen molar-refractivity contribution in [2.45, 2.75) is 84.0 Å². The van der Waals surface area contributed by atoms with Crippen molar-refractivity contribution in [3.05, 3.63) is 6.92 Å². The fourth-order valence-corrected chi connectivity index (χ4v) is 2.62. The van der Waals surface area contributed by atoms with Crippen molar-refractivity contribution in [3.8, 4) is 0 Å². The van der Waals surface area contributed by atoms with Crippen LogP contribution in [0, 0.1) is 12.8 Å². The van der Waals surface area contributed by atoms with Gasteiger partial charge in [0.15, 0.2) is 6.29 Å². The van der Waals surface area contributed by atoms with E-state index in [0.717, 1.165) is 0 Å². The smallest absolute Gasteiger partial charge is 0.160 e. The van der Waals surface area contributed by atoms with Crippen LogP contribution in [-0.2, 0) is 9.47 Å². The van der Waals surface area contributed by atoms with E-state index in [2.05, 4.69) is 20.8 Å². The largest absolute Gasteiger partial charge is 0.350 e. The zero-order chi connectivity index (χ0) is 13.2. The lowest BCUT2D eigenvalue weighted by molar-refractivity contribution is -0.0963. The Balaban J connectivity index is 2.27. The van der Waals surface area contributed by atoms with Crippen LogP contribution in [0.3, 0.4) is 0 Å². The summed E-state index contributed by atoms with van der Waals surface area (Å²) < 4.78 is 11.5. The normalized spacial score (nSPS) is 25.5. The highest BCUT2D eigenvalue weighted by molar-refractivity contribution is 4.73. The minimum absolute atomic E-state index is 0.0194. The van der Waals surface area contributed by atoms with Crippen LogP contribution >= 0.6 is 0 Å². The van der Waals surface area contributed by atoms with Gasteiger partial charge in [0.05, 0.1) is 12.7 Å². The van der Waals surface area contributed by atoms with Crippen molar-refractivity contribution < 1.29 is 9.47 Å². The highest BCUT2D eigenvalue weighted by atomic mass is 16.7. The Morgan fingerprint density at radius 3 is 2.17 bits per heavy atom. The van der Waals surface area contributed by atoms with Crippen molar-refractivity contribution in [2.75, 3.05) is 6.61 Å². The molecule has 1 aliphatic rings. The Labute approximate surface area is 113 Å². The molecule has 0 aromatic rings. The van der Waals surface area contributed by atoms with Crippen LogP contribution in [0.15, 0.2) is 0 Å². The lowest BCUT2D eigenvalue weighted by Gasteiger charge is -2.22. The van der Waals surface area contributed by atoms with E-state index in [9.17, 15) is 0 Å². The maximum absolute atomic E-state index is 5.78. The molecule has 1 rings (SSSR count). The van der Waals surface area contributed by atoms with Gasteiger partial charge in [-0.05, 0) is 19.8 Å². The second-order valence-corrected chi connectivity index (χ2v) is 5.57. The Morgan fingerprint density at radius 2 is 1.61 bits per heavy atom. The van der Waals surface area contributed by atoms with Crippen LogP contribution in [0.4, 0.5) is 0 Å². The third-order valence-corrected chi connectivity index (χ3v) is 3.76. The molecule has 0 aromatic carbocycles. The van der Waals surface area contributed by atoms with Gasteiger partial charge in [-0.25, -0.2) is 0 Å². The third kappa shape index (κ3) is 6.19. The maximum Gasteiger partial charge on any atom is 0.160 e. The fourth-order valence-electron chi connectivity index (χ4n) is 2.62. The number of ether oxygens (including phenoxy) is 2. The van der Waals surface area contributed by atoms with Gasteiger partial charge in [-0.15, -0.1) is 0 Å². The summed E-state index contributed by atoms with van der Waals surface area (Å²) >= 11 is 0. The Morgan fingerprint density at radius 1 is 1.00 bits per heavy atom. The predicted molar refractivity (Wildman–Crippen MR) is 76.4 cm³/mol. The molecule has 2 heteroatoms. The van der Waals surface area contributed by atoms with Gasteiger partial charge in [-0.1, -0.05) is 58.8 Å². The molecule has 0 N–H and O–H groups in total. The van der Waals surface area contributed by atoms with Crippen LogP contribution < -0.4 is 0 Å². The molecule has 1 aliphatic heterocycles. The first kappa shape index (κ1) is 16.0. The molecule has 2 nitrogen and oxygen atoms in total. The van der Waals surface area contributed by atoms with Gasteiger partial charge in [0.2, 0.25) is 0 Å². The summed E-state index contributed by atoms with van der Waals surface area (Å²) in [5.74, 6) is 0.583. The molecule has 1 heterocycles. The van der Waals surface area contributed by atoms with E-state index in [1.807, 2.05) is 0 Å². The maximum atomic E-state index is 5.78. The molecular weight excluding hydrogens is 224 g/mol. The Kier molecular flexibility index (Phi) is 8.70. The van der Waals surface area contributed by atoms with Gasteiger partial charge in [0.1, 0.15) is 0 Å². The molecule has 0 aliphatic carbocycles. The molecule has 1 saturated heterocycles. The average Bonchev–Trinajstić information content (AvgIpc) is 2.79. The third-order valence-electron chi connectivity index (χ3n) is 3.76. The van der Waals surface area contributed by atoms with Crippen LogP contribution in [0.25, 0.3) is 0 Å². The fraction of sp³-hybridized carbons (Fsp3) is 0.938. The molecule has 0 saturated carbocycles. The SMILES string of the molecule is [CH2]C1COC(C(CCCCC)CCCCCC)O1. The molecule has 0 bridgehead atoms. The Bertz CT molecular complexity index is 194. The standard InChI is InChI=1S/C16H31O2/c1-4-6-8-10-12-15(11-9-7-5-2)16-17-13-14(3)18-16/h14-16H,3-13H2,1-2H3. The van der Waals surface area contributed by atoms with Crippen molar-refractivity contribution in [1.82, 2.24) is 0 Å². The van der Waals surface area contributed by atoms with E-state index in [1.54, 1.807) is 0 Å². The molecule has 1 fully saturated rings. The summed E-state index contributed by atoms with van der Waals surface area (Å²) in [4.78, 5) is 0. The predicted octanol–water partition coefficient (Wildman–Crippen LogP) is 4.73. The lowest BCUT2D eigenvalue weighted by atomic mass is 9.94. The minimum atomic E-state index is 0.0194. The first-order valence-corrected chi connectivity index (χ1v) is 7.88. The van der Waals surface area contributed by atoms with E-state index in [0.29, 0.717) is 12.5 Å². The van der Waals surface area contributed by atoms with Crippen molar-refractivity contribution >= 4 is 0 Å². The van der Waals surface area contributed by atoms with Crippen LogP contribution in [0.2, 0.25) is 0 Å². The van der Waals surface area contributed by atoms with Crippen LogP contribution in [0.5, 0.6) is 0 Å². The monoisotopic (exact) mass is 255 g/mol. The van der Waals surface area contributed by atoms with Crippen LogP contribution in [-0.4, -0.2) is 19.0 Å². The summed E-state index contributed by atoms with van der Waals surface area (Å²) in [5.41, 5.74) is 0. The number of rotatable bonds is 10. The highest BCUT2D eigenvalue weighted by Crippen LogP contribution is 2.28. The molecule has 107 valence electrons. The van der Waals surface area contributed by atoms with Gasteiger partial charge >= 0.3 is 0 Å². The molecular formula is C16H31O2. The summed E-state index contributed by atoms with van der Waals surface area (Å²) in [6.07, 6.45) is 11.8. The first-order chi connectivity index (χ1) is 8.77. The van der Waals surface area contributed by atoms with E-state index >= 15 is 0 Å². The first-order valence-electron chi connectivity index (χ1n) is 7.88. The van der Waals surface area contributed by atoms with Crippen LogP contribution in [0.1, 0.15) is 71.6 Å². The second-order valence-electron chi connectivity index (χ2n) is 5.57. The van der Waals surface area contributed by atoms with E-state index in [-0.39, 0.29) is 12.4 Å². The summed E-state index contributed by atoms with van der Waals surface area (Å²) in [5, 5.41) is 0. The molecule has 0 spiro atoms. The zero-order valence-corrected chi connectivity index (χ0v) is 12.3. The molecule has 0 aromatic heterocycles. The van der Waals surface area contributed by atoms with E-state index < -0.39 is 0 Å². The molecule has 3 atom stereocenters. The topological polar surface area (TPSA) is 18.5 Å². The van der Waals surface area contributed by atoms with Crippen molar-refractivity contribution in [2.24, 2.45) is 5.92 Å². The molecule has 18 heavy (non-hydrogen) atoms. The number of hydrogen-bond donors (Lipinski definition) is 0. The molecule has 3 unspecified atom stereocenters. The average molecular weight is 255 g/mol. The summed E-state index contributed by atoms with van der Waals surface area (Å²) in [6.45, 7) is 9.11. The van der Waals surface area contributed by atoms with E-state index in [4.69, 9.17) is 9.47 Å². The van der Waals surface area contributed by atoms with Gasteiger partial charge in [-0.2, -0.15) is 0 Å². The summed E-state index contributed by atoms with van der Waals surface area (Å²) in [6, 6.07) is 0. The molecule has 0 amide bonds. The quantitative estimate of drug-likeness (QED) is 0.525. The summed E-state index contributed by atoms with van der Waals surface area (Å²) in [7, 11) is 0. The van der Waals surface area contributed by atoms with Gasteiger partial charge in [-0.3, -0.25) is 0 Å². The zero-order valence-electron chi connectivity index (χ0n) is 12.3. The number of hydrogen-bond acceptors (Lipinski definition) is 2. The minimum Gasteiger partial charge on any atom is -0.350 e. The van der Waals surface area contributed by atoms with Gasteiger partial charge in [0.25, 0.3) is 0 Å². The lowest BCUT2D eigenvalue weighted by Crippen LogP contribution is -2.22. The van der Waals surface area contributed by atoms with E-state index in [1.165, 1.54) is 57.8 Å². The second kappa shape index (κ2) is 9.80. The highest BCUT2D eigenvalue weighted by Gasteiger charge is 2.29. The Hall–Kier alpha value is -0.0800.